The van der Waals surface area contributed by atoms with Crippen LogP contribution < -0.4 is 15.4 Å². The first-order valence-corrected chi connectivity index (χ1v) is 9.66. The molecule has 3 N–H and O–H groups in total. The van der Waals surface area contributed by atoms with Crippen molar-refractivity contribution in [3.8, 4) is 0 Å². The lowest BCUT2D eigenvalue weighted by Crippen LogP contribution is -2.29. The van der Waals surface area contributed by atoms with Crippen LogP contribution in [0, 0.1) is 6.92 Å². The van der Waals surface area contributed by atoms with Crippen LogP contribution in [0.3, 0.4) is 0 Å². The molecule has 0 saturated heterocycles. The van der Waals surface area contributed by atoms with Gasteiger partial charge in [-0.15, -0.1) is 0 Å². The van der Waals surface area contributed by atoms with E-state index in [0.717, 1.165) is 12.2 Å². The highest BCUT2D eigenvalue weighted by atomic mass is 32.2. The first-order valence-electron chi connectivity index (χ1n) is 8.18. The molecular formula is C15H25N7O2S. The second-order valence-electron chi connectivity index (χ2n) is 5.83. The number of imidazole rings is 1. The minimum atomic E-state index is -3.62. The van der Waals surface area contributed by atoms with Crippen LogP contribution in [0.1, 0.15) is 32.5 Å². The van der Waals surface area contributed by atoms with Crippen molar-refractivity contribution in [2.24, 2.45) is 0 Å². The Labute approximate surface area is 148 Å². The summed E-state index contributed by atoms with van der Waals surface area (Å²) in [5.74, 6) is 1.19. The Hall–Kier alpha value is -2.20. The molecule has 138 valence electrons. The molecule has 0 saturated carbocycles. The lowest BCUT2D eigenvalue weighted by Gasteiger charge is -2.09. The van der Waals surface area contributed by atoms with Crippen LogP contribution in [0.2, 0.25) is 0 Å². The smallest absolute Gasteiger partial charge is 0.259 e. The van der Waals surface area contributed by atoms with E-state index in [2.05, 4.69) is 30.3 Å². The van der Waals surface area contributed by atoms with Crippen LogP contribution in [0.4, 0.5) is 11.8 Å². The zero-order valence-corrected chi connectivity index (χ0v) is 15.8. The third kappa shape index (κ3) is 5.40. The van der Waals surface area contributed by atoms with E-state index in [1.807, 2.05) is 27.7 Å². The van der Waals surface area contributed by atoms with Crippen LogP contribution in [0.5, 0.6) is 0 Å². The van der Waals surface area contributed by atoms with Crippen molar-refractivity contribution in [1.82, 2.24) is 24.2 Å². The minimum Gasteiger partial charge on any atom is -0.369 e. The predicted molar refractivity (Wildman–Crippen MR) is 97.2 cm³/mol. The van der Waals surface area contributed by atoms with Gasteiger partial charge in [-0.1, -0.05) is 0 Å². The molecule has 0 spiro atoms. The molecule has 2 rings (SSSR count). The maximum absolute atomic E-state index is 12.2. The van der Waals surface area contributed by atoms with E-state index in [4.69, 9.17) is 0 Å². The summed E-state index contributed by atoms with van der Waals surface area (Å²) < 4.78 is 28.7. The molecule has 0 aliphatic carbocycles. The van der Waals surface area contributed by atoms with Gasteiger partial charge in [0.1, 0.15) is 5.82 Å². The summed E-state index contributed by atoms with van der Waals surface area (Å²) in [6.07, 6.45) is 3.04. The number of hydrogen-bond donors (Lipinski definition) is 3. The predicted octanol–water partition coefficient (Wildman–Crippen LogP) is 1.38. The van der Waals surface area contributed by atoms with Gasteiger partial charge >= 0.3 is 0 Å². The average Bonchev–Trinajstić information content (AvgIpc) is 3.02. The average molecular weight is 367 g/mol. The number of sulfonamides is 1. The van der Waals surface area contributed by atoms with Gasteiger partial charge in [-0.2, -0.15) is 4.98 Å². The van der Waals surface area contributed by atoms with E-state index < -0.39 is 10.0 Å². The molecule has 25 heavy (non-hydrogen) atoms. The molecule has 0 bridgehead atoms. The molecule has 2 aromatic heterocycles. The Balaban J connectivity index is 1.89. The van der Waals surface area contributed by atoms with Crippen LogP contribution in [-0.2, 0) is 10.0 Å². The van der Waals surface area contributed by atoms with Gasteiger partial charge in [-0.3, -0.25) is 0 Å². The molecule has 2 heterocycles. The summed E-state index contributed by atoms with van der Waals surface area (Å²) in [6.45, 7) is 9.10. The van der Waals surface area contributed by atoms with E-state index in [1.165, 1.54) is 12.5 Å². The van der Waals surface area contributed by atoms with Crippen molar-refractivity contribution in [3.05, 3.63) is 24.3 Å². The van der Waals surface area contributed by atoms with Gasteiger partial charge in [0, 0.05) is 43.6 Å². The molecule has 0 fully saturated rings. The lowest BCUT2D eigenvalue weighted by molar-refractivity contribution is 0.577. The Morgan fingerprint density at radius 3 is 2.60 bits per heavy atom. The van der Waals surface area contributed by atoms with E-state index in [9.17, 15) is 8.42 Å². The zero-order valence-electron chi connectivity index (χ0n) is 14.9. The van der Waals surface area contributed by atoms with Gasteiger partial charge < -0.3 is 15.2 Å². The Bertz CT molecular complexity index is 802. The molecule has 9 nitrogen and oxygen atoms in total. The third-order valence-electron chi connectivity index (χ3n) is 3.36. The maximum Gasteiger partial charge on any atom is 0.259 e. The Kier molecular flexibility index (Phi) is 6.32. The van der Waals surface area contributed by atoms with Crippen molar-refractivity contribution >= 4 is 21.8 Å². The topological polar surface area (TPSA) is 114 Å². The van der Waals surface area contributed by atoms with Gasteiger partial charge in [0.2, 0.25) is 5.95 Å². The lowest BCUT2D eigenvalue weighted by atomic mass is 10.4. The minimum absolute atomic E-state index is 0.0218. The normalized spacial score (nSPS) is 11.7. The highest BCUT2D eigenvalue weighted by Gasteiger charge is 2.17. The maximum atomic E-state index is 12.2. The Morgan fingerprint density at radius 1 is 1.20 bits per heavy atom. The number of aryl methyl sites for hydroxylation is 1. The van der Waals surface area contributed by atoms with Crippen LogP contribution in [0.25, 0.3) is 0 Å². The molecule has 10 heteroatoms. The summed E-state index contributed by atoms with van der Waals surface area (Å²) in [6, 6.07) is 1.96. The number of nitrogens with zero attached hydrogens (tertiary/aromatic N) is 4. The SMILES string of the molecule is CCNc1nc(C)cc(NCCNS(=O)(=O)c2cn(C(C)C)cn2)n1. The highest BCUT2D eigenvalue weighted by Crippen LogP contribution is 2.11. The molecule has 0 aromatic carbocycles. The fourth-order valence-electron chi connectivity index (χ4n) is 2.09. The molecule has 0 amide bonds. The molecule has 0 unspecified atom stereocenters. The molecule has 2 aromatic rings. The number of anilines is 2. The van der Waals surface area contributed by atoms with E-state index in [-0.39, 0.29) is 17.6 Å². The number of hydrogen-bond acceptors (Lipinski definition) is 7. The number of rotatable bonds is 9. The quantitative estimate of drug-likeness (QED) is 0.574. The zero-order chi connectivity index (χ0) is 18.4. The number of aromatic nitrogens is 4. The van der Waals surface area contributed by atoms with Gasteiger partial charge in [0.05, 0.1) is 6.33 Å². The van der Waals surface area contributed by atoms with Crippen LogP contribution >= 0.6 is 0 Å². The second kappa shape index (κ2) is 8.26. The summed E-state index contributed by atoms with van der Waals surface area (Å²) >= 11 is 0. The Morgan fingerprint density at radius 2 is 1.96 bits per heavy atom. The van der Waals surface area contributed by atoms with Gasteiger partial charge in [-0.25, -0.2) is 23.1 Å². The first-order chi connectivity index (χ1) is 11.8. The van der Waals surface area contributed by atoms with Gasteiger partial charge in [0.25, 0.3) is 10.0 Å². The monoisotopic (exact) mass is 367 g/mol. The summed E-state index contributed by atoms with van der Waals surface area (Å²) in [5, 5.41) is 6.16. The fourth-order valence-corrected chi connectivity index (χ4v) is 3.05. The van der Waals surface area contributed by atoms with E-state index in [0.29, 0.717) is 18.3 Å². The summed E-state index contributed by atoms with van der Waals surface area (Å²) in [4.78, 5) is 12.5. The molecule has 0 atom stereocenters. The van der Waals surface area contributed by atoms with Crippen molar-refractivity contribution in [2.45, 2.75) is 38.8 Å². The van der Waals surface area contributed by atoms with E-state index in [1.54, 1.807) is 10.6 Å². The standard InChI is InChI=1S/C15H25N7O2S/c1-5-16-15-20-12(4)8-13(21-15)17-6-7-19-25(23,24)14-9-22(10-18-14)11(2)3/h8-11,19H,5-7H2,1-4H3,(H2,16,17,20,21). The van der Waals surface area contributed by atoms with Crippen molar-refractivity contribution < 1.29 is 8.42 Å². The molecular weight excluding hydrogens is 342 g/mol. The summed E-state index contributed by atoms with van der Waals surface area (Å²) in [5.41, 5.74) is 0.827. The van der Waals surface area contributed by atoms with Crippen molar-refractivity contribution in [2.75, 3.05) is 30.3 Å². The first kappa shape index (κ1) is 19.1. The summed E-state index contributed by atoms with van der Waals surface area (Å²) in [7, 11) is -3.62. The van der Waals surface area contributed by atoms with Crippen LogP contribution in [-0.4, -0.2) is 47.6 Å². The van der Waals surface area contributed by atoms with Crippen molar-refractivity contribution in [1.29, 1.82) is 0 Å². The van der Waals surface area contributed by atoms with Crippen LogP contribution in [0.15, 0.2) is 23.6 Å². The molecule has 0 aliphatic heterocycles. The largest absolute Gasteiger partial charge is 0.369 e. The third-order valence-corrected chi connectivity index (χ3v) is 4.71. The second-order valence-corrected chi connectivity index (χ2v) is 7.54. The van der Waals surface area contributed by atoms with Gasteiger partial charge in [-0.05, 0) is 27.7 Å². The molecule has 0 aliphatic rings. The molecule has 0 radical (unpaired) electrons. The number of nitrogens with one attached hydrogen (secondary N) is 3. The van der Waals surface area contributed by atoms with Gasteiger partial charge in [0.15, 0.2) is 5.03 Å². The van der Waals surface area contributed by atoms with E-state index >= 15 is 0 Å². The highest BCUT2D eigenvalue weighted by molar-refractivity contribution is 7.89. The van der Waals surface area contributed by atoms with Crippen molar-refractivity contribution in [3.63, 3.8) is 0 Å². The fraction of sp³-hybridized carbons (Fsp3) is 0.533.